The predicted molar refractivity (Wildman–Crippen MR) is 120 cm³/mol. The molecule has 0 N–H and O–H groups in total. The van der Waals surface area contributed by atoms with E-state index in [0.29, 0.717) is 53.5 Å². The lowest BCUT2D eigenvalue weighted by atomic mass is 9.97. The molecule has 0 radical (unpaired) electrons. The number of hydrogen-bond acceptors (Lipinski definition) is 5. The number of piperidine rings is 1. The van der Waals surface area contributed by atoms with Crippen molar-refractivity contribution in [1.29, 1.82) is 0 Å². The molecule has 2 aromatic carbocycles. The molecule has 0 amide bonds. The summed E-state index contributed by atoms with van der Waals surface area (Å²) in [5.74, 6) is 1.68. The third-order valence-electron chi connectivity index (χ3n) is 5.56. The van der Waals surface area contributed by atoms with Gasteiger partial charge < -0.3 is 4.52 Å². The molecule has 0 aliphatic carbocycles. The van der Waals surface area contributed by atoms with Crippen LogP contribution in [-0.2, 0) is 16.4 Å². The van der Waals surface area contributed by atoms with Crippen LogP contribution in [0.3, 0.4) is 0 Å². The van der Waals surface area contributed by atoms with Crippen molar-refractivity contribution in [2.45, 2.75) is 43.9 Å². The Morgan fingerprint density at radius 1 is 1.06 bits per heavy atom. The summed E-state index contributed by atoms with van der Waals surface area (Å²) in [6.45, 7) is 5.17. The lowest BCUT2D eigenvalue weighted by Crippen LogP contribution is -2.38. The standard InChI is InChI=1S/C23H26ClN3O3S/c1-16(2)15-17-3-9-21(10-4-17)31(28,29)27-13-11-18(12-14-27)22-25-23(30-26-22)19-5-7-20(24)8-6-19/h3-10,16,18H,11-15H2,1-2H3. The molecule has 4 rings (SSSR count). The maximum atomic E-state index is 13.0. The van der Waals surface area contributed by atoms with E-state index in [2.05, 4.69) is 24.0 Å². The average Bonchev–Trinajstić information content (AvgIpc) is 3.25. The Morgan fingerprint density at radius 2 is 1.71 bits per heavy atom. The van der Waals surface area contributed by atoms with Crippen LogP contribution in [0.1, 0.15) is 44.0 Å². The molecule has 1 saturated heterocycles. The maximum Gasteiger partial charge on any atom is 0.257 e. The highest BCUT2D eigenvalue weighted by Crippen LogP contribution is 2.31. The quantitative estimate of drug-likeness (QED) is 0.509. The zero-order valence-corrected chi connectivity index (χ0v) is 19.2. The molecule has 1 aromatic heterocycles. The van der Waals surface area contributed by atoms with Crippen molar-refractivity contribution in [1.82, 2.24) is 14.4 Å². The van der Waals surface area contributed by atoms with Crippen LogP contribution in [0.15, 0.2) is 57.9 Å². The van der Waals surface area contributed by atoms with E-state index in [1.54, 1.807) is 28.6 Å². The predicted octanol–water partition coefficient (Wildman–Crippen LogP) is 5.16. The van der Waals surface area contributed by atoms with Crippen molar-refractivity contribution in [3.63, 3.8) is 0 Å². The van der Waals surface area contributed by atoms with Gasteiger partial charge in [0.25, 0.3) is 5.89 Å². The van der Waals surface area contributed by atoms with E-state index in [4.69, 9.17) is 16.1 Å². The van der Waals surface area contributed by atoms with Gasteiger partial charge in [-0.3, -0.25) is 0 Å². The molecule has 6 nitrogen and oxygen atoms in total. The summed E-state index contributed by atoms with van der Waals surface area (Å²) in [6, 6.07) is 14.5. The molecule has 0 saturated carbocycles. The van der Waals surface area contributed by atoms with Gasteiger partial charge >= 0.3 is 0 Å². The molecule has 1 fully saturated rings. The van der Waals surface area contributed by atoms with E-state index >= 15 is 0 Å². The van der Waals surface area contributed by atoms with E-state index in [-0.39, 0.29) is 5.92 Å². The number of halogens is 1. The largest absolute Gasteiger partial charge is 0.334 e. The van der Waals surface area contributed by atoms with E-state index in [9.17, 15) is 8.42 Å². The molecular formula is C23H26ClN3O3S. The van der Waals surface area contributed by atoms with Gasteiger partial charge in [0.2, 0.25) is 10.0 Å². The molecule has 31 heavy (non-hydrogen) atoms. The fraction of sp³-hybridized carbons (Fsp3) is 0.391. The SMILES string of the molecule is CC(C)Cc1ccc(S(=O)(=O)N2CCC(c3noc(-c4ccc(Cl)cc4)n3)CC2)cc1. The van der Waals surface area contributed by atoms with Gasteiger partial charge in [-0.25, -0.2) is 8.42 Å². The molecule has 1 aliphatic heterocycles. The summed E-state index contributed by atoms with van der Waals surface area (Å²) < 4.78 is 33.1. The highest BCUT2D eigenvalue weighted by atomic mass is 35.5. The average molecular weight is 460 g/mol. The third-order valence-corrected chi connectivity index (χ3v) is 7.72. The summed E-state index contributed by atoms with van der Waals surface area (Å²) in [5.41, 5.74) is 1.96. The number of hydrogen-bond donors (Lipinski definition) is 0. The number of rotatable bonds is 6. The topological polar surface area (TPSA) is 76.3 Å². The second kappa shape index (κ2) is 9.10. The Labute approximate surface area is 188 Å². The minimum Gasteiger partial charge on any atom is -0.334 e. The van der Waals surface area contributed by atoms with Crippen molar-refractivity contribution in [3.8, 4) is 11.5 Å². The second-order valence-electron chi connectivity index (χ2n) is 8.38. The van der Waals surface area contributed by atoms with Gasteiger partial charge in [-0.1, -0.05) is 42.7 Å². The number of nitrogens with zero attached hydrogens (tertiary/aromatic N) is 3. The highest BCUT2D eigenvalue weighted by molar-refractivity contribution is 7.89. The normalized spacial score (nSPS) is 16.1. The molecule has 0 atom stereocenters. The van der Waals surface area contributed by atoms with Gasteiger partial charge in [0, 0.05) is 29.6 Å². The van der Waals surface area contributed by atoms with Crippen LogP contribution in [0.25, 0.3) is 11.5 Å². The molecule has 2 heterocycles. The van der Waals surface area contributed by atoms with Crippen molar-refractivity contribution < 1.29 is 12.9 Å². The van der Waals surface area contributed by atoms with Gasteiger partial charge in [0.15, 0.2) is 5.82 Å². The summed E-state index contributed by atoms with van der Waals surface area (Å²) in [4.78, 5) is 4.87. The Kier molecular flexibility index (Phi) is 6.46. The summed E-state index contributed by atoms with van der Waals surface area (Å²) in [7, 11) is -3.50. The van der Waals surface area contributed by atoms with E-state index < -0.39 is 10.0 Å². The molecular weight excluding hydrogens is 434 g/mol. The minimum atomic E-state index is -3.50. The zero-order chi connectivity index (χ0) is 22.0. The summed E-state index contributed by atoms with van der Waals surface area (Å²) >= 11 is 5.93. The molecule has 164 valence electrons. The number of benzene rings is 2. The molecule has 8 heteroatoms. The van der Waals surface area contributed by atoms with E-state index in [0.717, 1.165) is 17.5 Å². The van der Waals surface area contributed by atoms with Crippen LogP contribution in [0.2, 0.25) is 5.02 Å². The van der Waals surface area contributed by atoms with Crippen LogP contribution in [-0.4, -0.2) is 36.0 Å². The van der Waals surface area contributed by atoms with Gasteiger partial charge in [-0.2, -0.15) is 9.29 Å². The third kappa shape index (κ3) is 5.00. The van der Waals surface area contributed by atoms with Crippen LogP contribution in [0, 0.1) is 5.92 Å². The molecule has 0 unspecified atom stereocenters. The van der Waals surface area contributed by atoms with Crippen LogP contribution in [0.5, 0.6) is 0 Å². The highest BCUT2D eigenvalue weighted by Gasteiger charge is 2.31. The number of aromatic nitrogens is 2. The Bertz CT molecular complexity index is 1120. The van der Waals surface area contributed by atoms with Gasteiger partial charge in [-0.05, 0) is 67.1 Å². The first-order valence-electron chi connectivity index (χ1n) is 10.5. The van der Waals surface area contributed by atoms with Crippen molar-refractivity contribution in [2.75, 3.05) is 13.1 Å². The van der Waals surface area contributed by atoms with Crippen LogP contribution < -0.4 is 0 Å². The first-order chi connectivity index (χ1) is 14.8. The Hall–Kier alpha value is -2.22. The van der Waals surface area contributed by atoms with Crippen molar-refractivity contribution in [2.24, 2.45) is 5.92 Å². The van der Waals surface area contributed by atoms with E-state index in [1.165, 1.54) is 0 Å². The molecule has 0 bridgehead atoms. The van der Waals surface area contributed by atoms with Crippen molar-refractivity contribution >= 4 is 21.6 Å². The maximum absolute atomic E-state index is 13.0. The summed E-state index contributed by atoms with van der Waals surface area (Å²) in [6.07, 6.45) is 2.25. The Balaban J connectivity index is 1.40. The van der Waals surface area contributed by atoms with E-state index in [1.807, 2.05) is 24.3 Å². The fourth-order valence-electron chi connectivity index (χ4n) is 3.88. The van der Waals surface area contributed by atoms with Crippen molar-refractivity contribution in [3.05, 3.63) is 64.9 Å². The first-order valence-corrected chi connectivity index (χ1v) is 12.3. The fourth-order valence-corrected chi connectivity index (χ4v) is 5.48. The van der Waals surface area contributed by atoms with Gasteiger partial charge in [0.1, 0.15) is 0 Å². The monoisotopic (exact) mass is 459 g/mol. The number of sulfonamides is 1. The minimum absolute atomic E-state index is 0.0738. The zero-order valence-electron chi connectivity index (χ0n) is 17.7. The summed E-state index contributed by atoms with van der Waals surface area (Å²) in [5, 5.41) is 4.78. The second-order valence-corrected chi connectivity index (χ2v) is 10.8. The van der Waals surface area contributed by atoms with Gasteiger partial charge in [0.05, 0.1) is 4.90 Å². The molecule has 0 spiro atoms. The van der Waals surface area contributed by atoms with Crippen LogP contribution in [0.4, 0.5) is 0 Å². The van der Waals surface area contributed by atoms with Crippen LogP contribution >= 0.6 is 11.6 Å². The molecule has 3 aromatic rings. The Morgan fingerprint density at radius 3 is 2.32 bits per heavy atom. The first kappa shape index (κ1) is 22.0. The lowest BCUT2D eigenvalue weighted by Gasteiger charge is -2.29. The smallest absolute Gasteiger partial charge is 0.257 e. The molecule has 1 aliphatic rings. The lowest BCUT2D eigenvalue weighted by molar-refractivity contribution is 0.307. The van der Waals surface area contributed by atoms with Gasteiger partial charge in [-0.15, -0.1) is 0 Å².